The zero-order chi connectivity index (χ0) is 13.6. The fourth-order valence-electron chi connectivity index (χ4n) is 3.49. The highest BCUT2D eigenvalue weighted by molar-refractivity contribution is 5.97. The number of rotatable bonds is 3. The van der Waals surface area contributed by atoms with E-state index in [2.05, 4.69) is 6.92 Å². The van der Waals surface area contributed by atoms with Crippen molar-refractivity contribution in [1.29, 1.82) is 0 Å². The third-order valence-electron chi connectivity index (χ3n) is 5.06. The van der Waals surface area contributed by atoms with E-state index >= 15 is 0 Å². The van der Waals surface area contributed by atoms with Gasteiger partial charge in [0.05, 0.1) is 0 Å². The molecular formula is C15H24N2O2. The zero-order valence-corrected chi connectivity index (χ0v) is 12.0. The number of piperidine rings is 1. The Labute approximate surface area is 115 Å². The fraction of sp³-hybridized carbons (Fsp3) is 0.867. The maximum Gasteiger partial charge on any atom is 0.246 e. The second-order valence-corrected chi connectivity index (χ2v) is 6.74. The molecule has 3 rings (SSSR count). The van der Waals surface area contributed by atoms with Gasteiger partial charge in [0.25, 0.3) is 0 Å². The molecular weight excluding hydrogens is 240 g/mol. The predicted molar refractivity (Wildman–Crippen MR) is 72.5 cm³/mol. The van der Waals surface area contributed by atoms with Gasteiger partial charge in [-0.2, -0.15) is 0 Å². The summed E-state index contributed by atoms with van der Waals surface area (Å²) in [6.45, 7) is 5.80. The molecule has 3 fully saturated rings. The van der Waals surface area contributed by atoms with Crippen molar-refractivity contribution >= 4 is 11.8 Å². The van der Waals surface area contributed by atoms with Gasteiger partial charge >= 0.3 is 0 Å². The van der Waals surface area contributed by atoms with Gasteiger partial charge < -0.3 is 9.80 Å². The first-order chi connectivity index (χ1) is 9.06. The summed E-state index contributed by atoms with van der Waals surface area (Å²) in [7, 11) is 0. The standard InChI is InChI=1S/C15H24N2O2/c1-3-11-13(18)16-9-5-4-6-12(16)14(19)17(11)10-15(2)7-8-15/h11-12H,3-10H2,1-2H3. The van der Waals surface area contributed by atoms with Crippen molar-refractivity contribution in [3.05, 3.63) is 0 Å². The summed E-state index contributed by atoms with van der Waals surface area (Å²) in [5.41, 5.74) is 0.278. The maximum atomic E-state index is 12.7. The molecule has 106 valence electrons. The van der Waals surface area contributed by atoms with Crippen molar-refractivity contribution in [2.24, 2.45) is 5.41 Å². The Morgan fingerprint density at radius 2 is 1.95 bits per heavy atom. The SMILES string of the molecule is CCC1C(=O)N2CCCCC2C(=O)N1CC1(C)CC1. The van der Waals surface area contributed by atoms with Crippen LogP contribution < -0.4 is 0 Å². The molecule has 19 heavy (non-hydrogen) atoms. The van der Waals surface area contributed by atoms with Crippen molar-refractivity contribution in [2.45, 2.75) is 64.5 Å². The van der Waals surface area contributed by atoms with E-state index in [1.165, 1.54) is 12.8 Å². The first-order valence-corrected chi connectivity index (χ1v) is 7.67. The lowest BCUT2D eigenvalue weighted by molar-refractivity contribution is -0.164. The minimum absolute atomic E-state index is 0.161. The monoisotopic (exact) mass is 264 g/mol. The van der Waals surface area contributed by atoms with Crippen LogP contribution in [0.15, 0.2) is 0 Å². The fourth-order valence-corrected chi connectivity index (χ4v) is 3.49. The number of carbonyl (C=O) groups excluding carboxylic acids is 2. The van der Waals surface area contributed by atoms with Crippen molar-refractivity contribution in [3.63, 3.8) is 0 Å². The number of hydrogen-bond acceptors (Lipinski definition) is 2. The average molecular weight is 264 g/mol. The molecule has 0 N–H and O–H groups in total. The van der Waals surface area contributed by atoms with E-state index in [1.54, 1.807) is 0 Å². The summed E-state index contributed by atoms with van der Waals surface area (Å²) in [5.74, 6) is 0.398. The van der Waals surface area contributed by atoms with Crippen LogP contribution in [0.25, 0.3) is 0 Å². The Kier molecular flexibility index (Phi) is 3.06. The van der Waals surface area contributed by atoms with Gasteiger partial charge in [-0.05, 0) is 43.9 Å². The Balaban J connectivity index is 1.84. The topological polar surface area (TPSA) is 40.6 Å². The summed E-state index contributed by atoms with van der Waals surface area (Å²) in [5, 5.41) is 0. The molecule has 0 radical (unpaired) electrons. The minimum Gasteiger partial charge on any atom is -0.329 e. The van der Waals surface area contributed by atoms with Gasteiger partial charge in [0, 0.05) is 13.1 Å². The lowest BCUT2D eigenvalue weighted by Gasteiger charge is -2.47. The summed E-state index contributed by atoms with van der Waals surface area (Å²) in [6, 6.07) is -0.370. The number of carbonyl (C=O) groups is 2. The van der Waals surface area contributed by atoms with Gasteiger partial charge in [0.15, 0.2) is 0 Å². The summed E-state index contributed by atoms with van der Waals surface area (Å²) in [4.78, 5) is 29.1. The van der Waals surface area contributed by atoms with E-state index in [9.17, 15) is 9.59 Å². The number of hydrogen-bond donors (Lipinski definition) is 0. The third-order valence-corrected chi connectivity index (χ3v) is 5.06. The van der Waals surface area contributed by atoms with Crippen molar-refractivity contribution in [2.75, 3.05) is 13.1 Å². The molecule has 0 spiro atoms. The molecule has 4 nitrogen and oxygen atoms in total. The van der Waals surface area contributed by atoms with Crippen LogP contribution in [0.1, 0.15) is 52.4 Å². The molecule has 0 aromatic rings. The van der Waals surface area contributed by atoms with Gasteiger partial charge in [-0.15, -0.1) is 0 Å². The molecule has 3 aliphatic rings. The van der Waals surface area contributed by atoms with Crippen molar-refractivity contribution in [3.8, 4) is 0 Å². The molecule has 2 atom stereocenters. The van der Waals surface area contributed by atoms with Gasteiger partial charge in [-0.1, -0.05) is 13.8 Å². The summed E-state index contributed by atoms with van der Waals surface area (Å²) < 4.78 is 0. The minimum atomic E-state index is -0.209. The van der Waals surface area contributed by atoms with Crippen LogP contribution in [0, 0.1) is 5.41 Å². The van der Waals surface area contributed by atoms with Gasteiger partial charge in [0.1, 0.15) is 12.1 Å². The molecule has 2 aliphatic heterocycles. The maximum absolute atomic E-state index is 12.7. The van der Waals surface area contributed by atoms with Crippen LogP contribution in [-0.4, -0.2) is 46.8 Å². The Morgan fingerprint density at radius 1 is 1.21 bits per heavy atom. The normalized spacial score (nSPS) is 33.4. The van der Waals surface area contributed by atoms with Crippen molar-refractivity contribution < 1.29 is 9.59 Å². The van der Waals surface area contributed by atoms with Crippen molar-refractivity contribution in [1.82, 2.24) is 9.80 Å². The first-order valence-electron chi connectivity index (χ1n) is 7.67. The average Bonchev–Trinajstić information content (AvgIpc) is 3.14. The van der Waals surface area contributed by atoms with Gasteiger partial charge in [0.2, 0.25) is 11.8 Å². The van der Waals surface area contributed by atoms with Gasteiger partial charge in [-0.3, -0.25) is 9.59 Å². The van der Waals surface area contributed by atoms with E-state index in [-0.39, 0.29) is 29.3 Å². The quantitative estimate of drug-likeness (QED) is 0.779. The number of nitrogens with zero attached hydrogens (tertiary/aromatic N) is 2. The van der Waals surface area contributed by atoms with Crippen LogP contribution in [0.5, 0.6) is 0 Å². The van der Waals surface area contributed by atoms with E-state index < -0.39 is 0 Å². The summed E-state index contributed by atoms with van der Waals surface area (Å²) in [6.07, 6.45) is 6.09. The molecule has 1 saturated carbocycles. The largest absolute Gasteiger partial charge is 0.329 e. The number of piperazine rings is 1. The molecule has 0 aromatic heterocycles. The predicted octanol–water partition coefficient (Wildman–Crippen LogP) is 1.79. The number of fused-ring (bicyclic) bond motifs is 1. The van der Waals surface area contributed by atoms with Crippen LogP contribution in [0.4, 0.5) is 0 Å². The third kappa shape index (κ3) is 2.15. The smallest absolute Gasteiger partial charge is 0.246 e. The van der Waals surface area contributed by atoms with Crippen LogP contribution >= 0.6 is 0 Å². The van der Waals surface area contributed by atoms with E-state index in [1.807, 2.05) is 16.7 Å². The van der Waals surface area contributed by atoms with E-state index in [0.29, 0.717) is 0 Å². The first kappa shape index (κ1) is 12.9. The second kappa shape index (κ2) is 4.50. The molecule has 2 unspecified atom stereocenters. The van der Waals surface area contributed by atoms with E-state index in [0.717, 1.165) is 38.8 Å². The molecule has 0 bridgehead atoms. The molecule has 1 aliphatic carbocycles. The Hall–Kier alpha value is -1.06. The molecule has 0 aromatic carbocycles. The number of amides is 2. The molecule has 4 heteroatoms. The lowest BCUT2D eigenvalue weighted by atomic mass is 9.93. The molecule has 2 heterocycles. The Bertz CT molecular complexity index is 403. The van der Waals surface area contributed by atoms with Crippen LogP contribution in [0.2, 0.25) is 0 Å². The van der Waals surface area contributed by atoms with Crippen LogP contribution in [0.3, 0.4) is 0 Å². The highest BCUT2D eigenvalue weighted by Gasteiger charge is 2.49. The highest BCUT2D eigenvalue weighted by Crippen LogP contribution is 2.46. The second-order valence-electron chi connectivity index (χ2n) is 6.74. The molecule has 2 saturated heterocycles. The highest BCUT2D eigenvalue weighted by atomic mass is 16.2. The van der Waals surface area contributed by atoms with Crippen LogP contribution in [-0.2, 0) is 9.59 Å². The lowest BCUT2D eigenvalue weighted by Crippen LogP contribution is -2.66. The van der Waals surface area contributed by atoms with Gasteiger partial charge in [-0.25, -0.2) is 0 Å². The summed E-state index contributed by atoms with van der Waals surface area (Å²) >= 11 is 0. The van der Waals surface area contributed by atoms with E-state index in [4.69, 9.17) is 0 Å². The Morgan fingerprint density at radius 3 is 2.58 bits per heavy atom. The zero-order valence-electron chi connectivity index (χ0n) is 12.0. The molecule has 2 amide bonds.